The highest BCUT2D eigenvalue weighted by atomic mass is 14.1. The number of benzene rings is 2. The van der Waals surface area contributed by atoms with Crippen molar-refractivity contribution in [1.29, 1.82) is 0 Å². The third-order valence-corrected chi connectivity index (χ3v) is 3.16. The lowest BCUT2D eigenvalue weighted by atomic mass is 9.92. The zero-order chi connectivity index (χ0) is 11.4. The van der Waals surface area contributed by atoms with Gasteiger partial charge in [0.15, 0.2) is 0 Å². The predicted molar refractivity (Wildman–Crippen MR) is 69.8 cm³/mol. The molecule has 0 N–H and O–H groups in total. The summed E-state index contributed by atoms with van der Waals surface area (Å²) in [6.07, 6.45) is 1.11. The highest BCUT2D eigenvalue weighted by Crippen LogP contribution is 2.24. The Bertz CT molecular complexity index is 443. The first-order chi connectivity index (χ1) is 7.81. The van der Waals surface area contributed by atoms with Crippen LogP contribution in [0.3, 0.4) is 0 Å². The van der Waals surface area contributed by atoms with E-state index >= 15 is 0 Å². The Morgan fingerprint density at radius 1 is 0.875 bits per heavy atom. The smallest absolute Gasteiger partial charge is 0.00611 e. The van der Waals surface area contributed by atoms with Gasteiger partial charge < -0.3 is 0 Å². The third-order valence-electron chi connectivity index (χ3n) is 3.16. The zero-order valence-corrected chi connectivity index (χ0v) is 9.98. The highest BCUT2D eigenvalue weighted by Gasteiger charge is 2.07. The van der Waals surface area contributed by atoms with Crippen molar-refractivity contribution in [1.82, 2.24) is 0 Å². The van der Waals surface area contributed by atoms with Crippen LogP contribution < -0.4 is 0 Å². The average Bonchev–Trinajstić information content (AvgIpc) is 2.39. The molecule has 1 atom stereocenters. The molecule has 0 amide bonds. The molecule has 0 aromatic heterocycles. The lowest BCUT2D eigenvalue weighted by Gasteiger charge is -2.13. The van der Waals surface area contributed by atoms with Gasteiger partial charge >= 0.3 is 0 Å². The molecule has 0 heterocycles. The molecule has 2 aromatic rings. The van der Waals surface area contributed by atoms with Gasteiger partial charge in [-0.15, -0.1) is 0 Å². The first-order valence-electron chi connectivity index (χ1n) is 5.95. The summed E-state index contributed by atoms with van der Waals surface area (Å²) >= 11 is 0. The van der Waals surface area contributed by atoms with Crippen LogP contribution in [0, 0.1) is 0 Å². The predicted octanol–water partition coefficient (Wildman–Crippen LogP) is 4.40. The molecule has 0 aliphatic heterocycles. The summed E-state index contributed by atoms with van der Waals surface area (Å²) in [5.74, 6) is 0.479. The first-order valence-corrected chi connectivity index (χ1v) is 5.95. The maximum atomic E-state index is 2.32. The fourth-order valence-corrected chi connectivity index (χ4v) is 2.02. The van der Waals surface area contributed by atoms with Crippen LogP contribution in [0.25, 0.3) is 0 Å². The van der Waals surface area contributed by atoms with Gasteiger partial charge in [-0.1, -0.05) is 68.4 Å². The molecule has 82 valence electrons. The number of rotatable bonds is 3. The van der Waals surface area contributed by atoms with Gasteiger partial charge in [-0.3, -0.25) is 0 Å². The maximum Gasteiger partial charge on any atom is 0.00611 e. The van der Waals surface area contributed by atoms with Crippen LogP contribution >= 0.6 is 0 Å². The van der Waals surface area contributed by atoms with Gasteiger partial charge in [0, 0.05) is 5.92 Å². The van der Waals surface area contributed by atoms with E-state index in [0.717, 1.165) is 6.42 Å². The van der Waals surface area contributed by atoms with Gasteiger partial charge in [-0.25, -0.2) is 0 Å². The summed E-state index contributed by atoms with van der Waals surface area (Å²) in [5, 5.41) is 0. The van der Waals surface area contributed by atoms with E-state index in [1.165, 1.54) is 16.7 Å². The molecule has 0 aliphatic carbocycles. The SMILES string of the molecule is CCc1cccc([C@@H](C)c2ccccc2)c1. The normalized spacial score (nSPS) is 12.4. The summed E-state index contributed by atoms with van der Waals surface area (Å²) in [7, 11) is 0. The molecule has 0 bridgehead atoms. The largest absolute Gasteiger partial charge is 0.0622 e. The van der Waals surface area contributed by atoms with Gasteiger partial charge in [-0.2, -0.15) is 0 Å². The lowest BCUT2D eigenvalue weighted by molar-refractivity contribution is 0.916. The lowest BCUT2D eigenvalue weighted by Crippen LogP contribution is -1.96. The standard InChI is InChI=1S/C16H18/c1-3-14-8-7-11-16(12-14)13(2)15-9-5-4-6-10-15/h4-13H,3H2,1-2H3/t13-/m0/s1. The van der Waals surface area contributed by atoms with Crippen molar-refractivity contribution < 1.29 is 0 Å². The average molecular weight is 210 g/mol. The van der Waals surface area contributed by atoms with E-state index in [0.29, 0.717) is 5.92 Å². The molecule has 16 heavy (non-hydrogen) atoms. The summed E-state index contributed by atoms with van der Waals surface area (Å²) in [5.41, 5.74) is 4.21. The van der Waals surface area contributed by atoms with Crippen LogP contribution in [0.5, 0.6) is 0 Å². The summed E-state index contributed by atoms with van der Waals surface area (Å²) < 4.78 is 0. The second-order valence-corrected chi connectivity index (χ2v) is 4.23. The van der Waals surface area contributed by atoms with Gasteiger partial charge in [-0.05, 0) is 23.1 Å². The molecule has 0 nitrogen and oxygen atoms in total. The van der Waals surface area contributed by atoms with E-state index < -0.39 is 0 Å². The zero-order valence-electron chi connectivity index (χ0n) is 9.98. The Labute approximate surface area is 97.9 Å². The van der Waals surface area contributed by atoms with Crippen LogP contribution in [0.2, 0.25) is 0 Å². The Morgan fingerprint density at radius 2 is 1.56 bits per heavy atom. The minimum Gasteiger partial charge on any atom is -0.0622 e. The molecule has 0 saturated heterocycles. The van der Waals surface area contributed by atoms with Crippen LogP contribution in [-0.2, 0) is 6.42 Å². The Kier molecular flexibility index (Phi) is 3.40. The maximum absolute atomic E-state index is 2.32. The van der Waals surface area contributed by atoms with E-state index in [9.17, 15) is 0 Å². The van der Waals surface area contributed by atoms with E-state index in [-0.39, 0.29) is 0 Å². The van der Waals surface area contributed by atoms with Gasteiger partial charge in [0.2, 0.25) is 0 Å². The molecule has 2 rings (SSSR count). The molecule has 0 fully saturated rings. The van der Waals surface area contributed by atoms with Crippen molar-refractivity contribution in [3.63, 3.8) is 0 Å². The molecule has 2 aromatic carbocycles. The second-order valence-electron chi connectivity index (χ2n) is 4.23. The van der Waals surface area contributed by atoms with Crippen LogP contribution in [0.4, 0.5) is 0 Å². The minimum absolute atomic E-state index is 0.479. The summed E-state index contributed by atoms with van der Waals surface area (Å²) in [6, 6.07) is 19.6. The van der Waals surface area contributed by atoms with E-state index in [4.69, 9.17) is 0 Å². The minimum atomic E-state index is 0.479. The Morgan fingerprint density at radius 3 is 2.25 bits per heavy atom. The number of hydrogen-bond acceptors (Lipinski definition) is 0. The van der Waals surface area contributed by atoms with Crippen molar-refractivity contribution in [3.05, 3.63) is 71.3 Å². The van der Waals surface area contributed by atoms with E-state index in [1.807, 2.05) is 0 Å². The number of aryl methyl sites for hydroxylation is 1. The van der Waals surface area contributed by atoms with E-state index in [1.54, 1.807) is 0 Å². The van der Waals surface area contributed by atoms with Crippen LogP contribution in [-0.4, -0.2) is 0 Å². The first kappa shape index (κ1) is 10.9. The van der Waals surface area contributed by atoms with Crippen molar-refractivity contribution >= 4 is 0 Å². The van der Waals surface area contributed by atoms with E-state index in [2.05, 4.69) is 68.4 Å². The van der Waals surface area contributed by atoms with Crippen molar-refractivity contribution in [2.75, 3.05) is 0 Å². The molecular formula is C16H18. The van der Waals surface area contributed by atoms with Gasteiger partial charge in [0.05, 0.1) is 0 Å². The van der Waals surface area contributed by atoms with Crippen molar-refractivity contribution in [2.45, 2.75) is 26.2 Å². The highest BCUT2D eigenvalue weighted by molar-refractivity contribution is 5.34. The molecule has 0 heteroatoms. The fourth-order valence-electron chi connectivity index (χ4n) is 2.02. The summed E-state index contributed by atoms with van der Waals surface area (Å²) in [4.78, 5) is 0. The van der Waals surface area contributed by atoms with Crippen LogP contribution in [0.15, 0.2) is 54.6 Å². The van der Waals surface area contributed by atoms with Crippen molar-refractivity contribution in [2.24, 2.45) is 0 Å². The quantitative estimate of drug-likeness (QED) is 0.704. The topological polar surface area (TPSA) is 0 Å². The second kappa shape index (κ2) is 4.98. The summed E-state index contributed by atoms with van der Waals surface area (Å²) in [6.45, 7) is 4.47. The fraction of sp³-hybridized carbons (Fsp3) is 0.250. The molecule has 0 unspecified atom stereocenters. The number of hydrogen-bond donors (Lipinski definition) is 0. The van der Waals surface area contributed by atoms with Gasteiger partial charge in [0.25, 0.3) is 0 Å². The van der Waals surface area contributed by atoms with Crippen molar-refractivity contribution in [3.8, 4) is 0 Å². The van der Waals surface area contributed by atoms with Crippen LogP contribution in [0.1, 0.15) is 36.5 Å². The Balaban J connectivity index is 2.30. The third kappa shape index (κ3) is 2.33. The molecule has 0 saturated carbocycles. The molecule has 0 aliphatic rings. The molecular weight excluding hydrogens is 192 g/mol. The monoisotopic (exact) mass is 210 g/mol. The Hall–Kier alpha value is -1.56. The molecule has 0 radical (unpaired) electrons. The molecule has 0 spiro atoms. The van der Waals surface area contributed by atoms with Gasteiger partial charge in [0.1, 0.15) is 0 Å².